The van der Waals surface area contributed by atoms with Gasteiger partial charge in [0.25, 0.3) is 0 Å². The topological polar surface area (TPSA) is 117 Å². The highest BCUT2D eigenvalue weighted by Crippen LogP contribution is 2.30. The number of nitrogens with one attached hydrogen (secondary N) is 1. The monoisotopic (exact) mass is 357 g/mol. The zero-order chi connectivity index (χ0) is 19.5. The summed E-state index contributed by atoms with van der Waals surface area (Å²) in [5, 5.41) is 2.60. The Morgan fingerprint density at radius 3 is 2.23 bits per heavy atom. The summed E-state index contributed by atoms with van der Waals surface area (Å²) in [6.45, 7) is 7.03. The van der Waals surface area contributed by atoms with Crippen LogP contribution >= 0.6 is 0 Å². The second-order valence-corrected chi connectivity index (χ2v) is 6.86. The number of amides is 1. The molecule has 0 aromatic heterocycles. The highest BCUT2D eigenvalue weighted by atomic mass is 16.6. The van der Waals surface area contributed by atoms with Gasteiger partial charge in [-0.1, -0.05) is 12.1 Å². The van der Waals surface area contributed by atoms with Crippen LogP contribution in [-0.2, 0) is 4.74 Å². The van der Waals surface area contributed by atoms with Gasteiger partial charge in [-0.3, -0.25) is 5.32 Å². The standard InChI is InChI=1S/C19H23N3O4/c1-11-6-5-7-15(22-18(24)26-19(2,3)4)16(11)25-17(23)12-8-13(20)10-14(21)9-12/h5-10H,20-21H2,1-4H3,(H,22,24). The number of hydrogen-bond acceptors (Lipinski definition) is 6. The third-order valence-corrected chi connectivity index (χ3v) is 3.26. The maximum absolute atomic E-state index is 12.5. The zero-order valence-corrected chi connectivity index (χ0v) is 15.3. The van der Waals surface area contributed by atoms with Crippen LogP contribution in [0, 0.1) is 6.92 Å². The van der Waals surface area contributed by atoms with Crippen molar-refractivity contribution >= 4 is 29.1 Å². The van der Waals surface area contributed by atoms with Gasteiger partial charge in [-0.15, -0.1) is 0 Å². The van der Waals surface area contributed by atoms with Gasteiger partial charge in [-0.2, -0.15) is 0 Å². The van der Waals surface area contributed by atoms with Crippen molar-refractivity contribution < 1.29 is 19.1 Å². The normalized spacial score (nSPS) is 10.9. The van der Waals surface area contributed by atoms with Gasteiger partial charge >= 0.3 is 12.1 Å². The van der Waals surface area contributed by atoms with E-state index in [9.17, 15) is 9.59 Å². The highest BCUT2D eigenvalue weighted by Gasteiger charge is 2.20. The summed E-state index contributed by atoms with van der Waals surface area (Å²) in [5.74, 6) is -0.408. The Kier molecular flexibility index (Phi) is 5.40. The summed E-state index contributed by atoms with van der Waals surface area (Å²) >= 11 is 0. The molecule has 0 heterocycles. The Morgan fingerprint density at radius 2 is 1.65 bits per heavy atom. The third-order valence-electron chi connectivity index (χ3n) is 3.26. The van der Waals surface area contributed by atoms with Gasteiger partial charge in [0.1, 0.15) is 5.60 Å². The van der Waals surface area contributed by atoms with E-state index >= 15 is 0 Å². The molecule has 0 aliphatic carbocycles. The zero-order valence-electron chi connectivity index (χ0n) is 15.3. The van der Waals surface area contributed by atoms with Crippen LogP contribution in [0.5, 0.6) is 5.75 Å². The molecule has 0 unspecified atom stereocenters. The number of nitrogens with two attached hydrogens (primary N) is 2. The molecular weight excluding hydrogens is 334 g/mol. The molecule has 7 nitrogen and oxygen atoms in total. The first-order valence-electron chi connectivity index (χ1n) is 8.03. The molecule has 138 valence electrons. The molecule has 26 heavy (non-hydrogen) atoms. The number of benzene rings is 2. The van der Waals surface area contributed by atoms with Crippen molar-refractivity contribution in [3.63, 3.8) is 0 Å². The number of carbonyl (C=O) groups is 2. The fourth-order valence-corrected chi connectivity index (χ4v) is 2.25. The van der Waals surface area contributed by atoms with Crippen LogP contribution in [0.3, 0.4) is 0 Å². The Balaban J connectivity index is 2.26. The molecule has 0 spiro atoms. The fraction of sp³-hybridized carbons (Fsp3) is 0.263. The largest absolute Gasteiger partial charge is 0.444 e. The Bertz CT molecular complexity index is 821. The summed E-state index contributed by atoms with van der Waals surface area (Å²) in [4.78, 5) is 24.5. The lowest BCUT2D eigenvalue weighted by atomic mass is 10.1. The van der Waals surface area contributed by atoms with Gasteiger partial charge in [-0.05, 0) is 57.5 Å². The average Bonchev–Trinajstić information content (AvgIpc) is 2.47. The predicted molar refractivity (Wildman–Crippen MR) is 101 cm³/mol. The number of aryl methyl sites for hydroxylation is 1. The highest BCUT2D eigenvalue weighted by molar-refractivity contribution is 5.95. The van der Waals surface area contributed by atoms with Crippen molar-refractivity contribution in [3.05, 3.63) is 47.5 Å². The molecule has 5 N–H and O–H groups in total. The minimum Gasteiger partial charge on any atom is -0.444 e. The fourth-order valence-electron chi connectivity index (χ4n) is 2.25. The first-order valence-corrected chi connectivity index (χ1v) is 8.03. The molecule has 0 aliphatic heterocycles. The minimum atomic E-state index is -0.649. The van der Waals surface area contributed by atoms with E-state index in [-0.39, 0.29) is 11.3 Å². The first kappa shape index (κ1) is 19.1. The Hall–Kier alpha value is -3.22. The van der Waals surface area contributed by atoms with Crippen LogP contribution in [0.25, 0.3) is 0 Å². The minimum absolute atomic E-state index is 0.217. The lowest BCUT2D eigenvalue weighted by molar-refractivity contribution is 0.0630. The van der Waals surface area contributed by atoms with E-state index in [0.717, 1.165) is 0 Å². The van der Waals surface area contributed by atoms with Gasteiger partial charge < -0.3 is 20.9 Å². The molecule has 0 saturated heterocycles. The Labute approximate surface area is 152 Å². The molecule has 0 fully saturated rings. The smallest absolute Gasteiger partial charge is 0.412 e. The summed E-state index contributed by atoms with van der Waals surface area (Å²) in [6.07, 6.45) is -0.645. The number of hydrogen-bond donors (Lipinski definition) is 3. The number of esters is 1. The lowest BCUT2D eigenvalue weighted by Crippen LogP contribution is -2.27. The van der Waals surface area contributed by atoms with Crippen molar-refractivity contribution in [1.29, 1.82) is 0 Å². The number of para-hydroxylation sites is 1. The Morgan fingerprint density at radius 1 is 1.04 bits per heavy atom. The molecule has 0 saturated carbocycles. The summed E-state index contributed by atoms with van der Waals surface area (Å²) in [7, 11) is 0. The predicted octanol–water partition coefficient (Wildman–Crippen LogP) is 3.73. The molecule has 2 aromatic carbocycles. The van der Waals surface area contributed by atoms with Crippen LogP contribution in [0.4, 0.5) is 21.9 Å². The average molecular weight is 357 g/mol. The van der Waals surface area contributed by atoms with Gasteiger partial charge in [0.05, 0.1) is 11.3 Å². The molecular formula is C19H23N3O4. The van der Waals surface area contributed by atoms with Gasteiger partial charge in [0.2, 0.25) is 0 Å². The van der Waals surface area contributed by atoms with E-state index < -0.39 is 17.7 Å². The SMILES string of the molecule is Cc1cccc(NC(=O)OC(C)(C)C)c1OC(=O)c1cc(N)cc(N)c1. The number of carbonyl (C=O) groups excluding carboxylic acids is 2. The molecule has 0 radical (unpaired) electrons. The van der Waals surface area contributed by atoms with E-state index in [1.54, 1.807) is 52.0 Å². The second kappa shape index (κ2) is 7.35. The maximum Gasteiger partial charge on any atom is 0.412 e. The first-order chi connectivity index (χ1) is 12.0. The van der Waals surface area contributed by atoms with Crippen molar-refractivity contribution in [3.8, 4) is 5.75 Å². The van der Waals surface area contributed by atoms with Crippen LogP contribution in [0.15, 0.2) is 36.4 Å². The molecule has 0 bridgehead atoms. The van der Waals surface area contributed by atoms with Crippen molar-refractivity contribution in [2.75, 3.05) is 16.8 Å². The quantitative estimate of drug-likeness (QED) is 0.438. The molecule has 0 atom stereocenters. The third kappa shape index (κ3) is 5.14. The van der Waals surface area contributed by atoms with Crippen LogP contribution < -0.4 is 21.5 Å². The number of rotatable bonds is 3. The molecule has 1 amide bonds. The number of nitrogen functional groups attached to an aromatic ring is 2. The van der Waals surface area contributed by atoms with Gasteiger partial charge in [-0.25, -0.2) is 9.59 Å². The van der Waals surface area contributed by atoms with E-state index in [4.69, 9.17) is 20.9 Å². The van der Waals surface area contributed by atoms with E-state index in [1.807, 2.05) is 0 Å². The molecule has 0 aliphatic rings. The molecule has 7 heteroatoms. The van der Waals surface area contributed by atoms with Gasteiger partial charge in [0.15, 0.2) is 5.75 Å². The molecule has 2 aromatic rings. The van der Waals surface area contributed by atoms with Crippen molar-refractivity contribution in [2.45, 2.75) is 33.3 Å². The summed E-state index contributed by atoms with van der Waals surface area (Å²) in [5.41, 5.74) is 12.7. The van der Waals surface area contributed by atoms with Crippen LogP contribution in [-0.4, -0.2) is 17.7 Å². The van der Waals surface area contributed by atoms with Crippen LogP contribution in [0.1, 0.15) is 36.7 Å². The van der Waals surface area contributed by atoms with E-state index in [0.29, 0.717) is 22.6 Å². The molecule has 2 rings (SSSR count). The summed E-state index contributed by atoms with van der Waals surface area (Å²) in [6, 6.07) is 9.59. The van der Waals surface area contributed by atoms with E-state index in [1.165, 1.54) is 12.1 Å². The second-order valence-electron chi connectivity index (χ2n) is 6.86. The van der Waals surface area contributed by atoms with Crippen molar-refractivity contribution in [1.82, 2.24) is 0 Å². The van der Waals surface area contributed by atoms with E-state index in [2.05, 4.69) is 5.32 Å². The lowest BCUT2D eigenvalue weighted by Gasteiger charge is -2.20. The van der Waals surface area contributed by atoms with Crippen LogP contribution in [0.2, 0.25) is 0 Å². The number of anilines is 3. The van der Waals surface area contributed by atoms with Crippen molar-refractivity contribution in [2.24, 2.45) is 0 Å². The van der Waals surface area contributed by atoms with Gasteiger partial charge in [0, 0.05) is 11.4 Å². The summed E-state index contributed by atoms with van der Waals surface area (Å²) < 4.78 is 10.7. The maximum atomic E-state index is 12.5. The number of ether oxygens (including phenoxy) is 2.